The van der Waals surface area contributed by atoms with Crippen molar-refractivity contribution in [2.24, 2.45) is 5.92 Å². The molecule has 2 aliphatic carbocycles. The smallest absolute Gasteiger partial charge is 0.336 e. The minimum absolute atomic E-state index is 0.0100. The van der Waals surface area contributed by atoms with Crippen molar-refractivity contribution in [3.63, 3.8) is 0 Å². The van der Waals surface area contributed by atoms with Gasteiger partial charge >= 0.3 is 5.97 Å². The lowest BCUT2D eigenvalue weighted by Crippen LogP contribution is -2.79. The van der Waals surface area contributed by atoms with E-state index >= 15 is 0 Å². The number of aromatic amines is 1. The fourth-order valence-corrected chi connectivity index (χ4v) is 9.83. The maximum atomic E-state index is 14.1. The number of aromatic hydroxyl groups is 2. The van der Waals surface area contributed by atoms with Gasteiger partial charge in [0.05, 0.1) is 6.61 Å². The number of H-pyrrole nitrogens is 1. The van der Waals surface area contributed by atoms with Crippen molar-refractivity contribution >= 4 is 22.8 Å². The number of aliphatic hydroxyl groups is 5. The lowest BCUT2D eigenvalue weighted by atomic mass is 9.63. The largest absolute Gasteiger partial charge is 0.508 e. The van der Waals surface area contributed by atoms with Crippen LogP contribution < -0.4 is 36.0 Å². The summed E-state index contributed by atoms with van der Waals surface area (Å²) in [5.74, 6) is -3.61. The number of phenols is 2. The lowest BCUT2D eigenvalue weighted by molar-refractivity contribution is -0.342. The third-order valence-electron chi connectivity index (χ3n) is 13.3. The van der Waals surface area contributed by atoms with Crippen LogP contribution in [0.2, 0.25) is 0 Å². The predicted molar refractivity (Wildman–Crippen MR) is 235 cm³/mol. The summed E-state index contributed by atoms with van der Waals surface area (Å²) in [6, 6.07) is 16.2. The van der Waals surface area contributed by atoms with Crippen LogP contribution in [-0.4, -0.2) is 113 Å². The SMILES string of the molecule is CCc1cc(O)cc(C2(Oc3c(O[C@@H]4O[C@H](C(=O)O)[C@]5(O)[C@H]([C@@H]6CNCN6)C=C[C@@]4(O)[C@@H]5O)cc4oc(-c5ccc(O[C@H](CO)[C@H](O)c6ccc(N)[nH]6)cc5)cc(=O)c4c3O)CCCC2)c1. The fraction of sp³-hybridized carbons (Fsp3) is 0.404. The first-order valence-electron chi connectivity index (χ1n) is 21.8. The number of nitrogens with one attached hydrogen (secondary N) is 3. The number of nitrogen functional groups attached to an aromatic ring is 1. The van der Waals surface area contributed by atoms with E-state index in [1.807, 2.05) is 13.0 Å². The van der Waals surface area contributed by atoms with Gasteiger partial charge in [0.25, 0.3) is 0 Å². The molecule has 19 nitrogen and oxygen atoms in total. The van der Waals surface area contributed by atoms with E-state index in [0.29, 0.717) is 68.0 Å². The molecule has 5 aromatic rings. The second kappa shape index (κ2) is 17.2. The van der Waals surface area contributed by atoms with Crippen LogP contribution in [0.3, 0.4) is 0 Å². The molecular formula is C47H52N4O15. The van der Waals surface area contributed by atoms with Crippen LogP contribution in [0.4, 0.5) is 5.82 Å². The Morgan fingerprint density at radius 2 is 1.79 bits per heavy atom. The minimum Gasteiger partial charge on any atom is -0.508 e. The highest BCUT2D eigenvalue weighted by atomic mass is 16.7. The van der Waals surface area contributed by atoms with Gasteiger partial charge in [0.2, 0.25) is 12.0 Å². The maximum absolute atomic E-state index is 14.1. The number of fused-ring (bicyclic) bond motifs is 3. The van der Waals surface area contributed by atoms with Gasteiger partial charge in [-0.1, -0.05) is 19.1 Å². The molecule has 3 fully saturated rings. The molecule has 350 valence electrons. The lowest BCUT2D eigenvalue weighted by Gasteiger charge is -2.56. The molecule has 0 spiro atoms. The summed E-state index contributed by atoms with van der Waals surface area (Å²) in [6.07, 6.45) is -3.33. The molecule has 9 atom stereocenters. The number of anilines is 1. The standard InChI is InChI=1S/C47H52N4O15/c1-2-23-15-25(17-26(53)16-23)45(12-3-4-13-45)66-40-34(64-44-46(60)14-11-28(30-20-49-22-50-30)47(61,43(46)59)41(65-44)42(57)58)19-33-37(39(40)56)31(54)18-32(63-33)24-5-7-27(8-6-24)62-35(21-52)38(55)29-9-10-36(48)51-29/h5-11,14-19,28,30,35,38,41,43-44,49-53,55-56,59-61H,2-4,12-13,20-22,48H2,1H3,(H,57,58)/t28-,30-,35+,38+,41+,43-,44+,46+,47+/m0/s1. The zero-order chi connectivity index (χ0) is 46.7. The van der Waals surface area contributed by atoms with Crippen LogP contribution in [0.5, 0.6) is 28.7 Å². The summed E-state index contributed by atoms with van der Waals surface area (Å²) >= 11 is 0. The Morgan fingerprint density at radius 1 is 1.03 bits per heavy atom. The molecule has 2 aliphatic heterocycles. The Balaban J connectivity index is 1.13. The molecule has 0 unspecified atom stereocenters. The van der Waals surface area contributed by atoms with E-state index in [9.17, 15) is 50.4 Å². The highest BCUT2D eigenvalue weighted by Gasteiger charge is 2.70. The summed E-state index contributed by atoms with van der Waals surface area (Å²) in [5, 5.41) is 96.2. The van der Waals surface area contributed by atoms with Gasteiger partial charge in [-0.2, -0.15) is 0 Å². The fourth-order valence-electron chi connectivity index (χ4n) is 9.83. The van der Waals surface area contributed by atoms with Crippen molar-refractivity contribution < 1.29 is 69.0 Å². The molecule has 0 radical (unpaired) electrons. The molecule has 3 aromatic carbocycles. The number of carbonyl (C=O) groups is 1. The third kappa shape index (κ3) is 7.69. The van der Waals surface area contributed by atoms with Crippen molar-refractivity contribution in [3.05, 3.63) is 106 Å². The van der Waals surface area contributed by atoms with Crippen molar-refractivity contribution in [2.75, 3.05) is 25.6 Å². The highest BCUT2D eigenvalue weighted by Crippen LogP contribution is 2.53. The molecule has 19 heteroatoms. The number of hydrogen-bond donors (Lipinski definition) is 12. The third-order valence-corrected chi connectivity index (χ3v) is 13.3. The number of benzene rings is 3. The molecule has 4 heterocycles. The number of nitrogens with two attached hydrogens (primary N) is 1. The van der Waals surface area contributed by atoms with E-state index in [-0.39, 0.29) is 34.0 Å². The highest BCUT2D eigenvalue weighted by molar-refractivity contribution is 5.90. The molecule has 9 rings (SSSR count). The van der Waals surface area contributed by atoms with Crippen LogP contribution in [0.1, 0.15) is 55.5 Å². The van der Waals surface area contributed by atoms with Gasteiger partial charge in [0, 0.05) is 48.6 Å². The van der Waals surface area contributed by atoms with Gasteiger partial charge in [-0.25, -0.2) is 4.79 Å². The van der Waals surface area contributed by atoms with Crippen LogP contribution in [0.25, 0.3) is 22.3 Å². The van der Waals surface area contributed by atoms with Crippen molar-refractivity contribution in [1.82, 2.24) is 15.6 Å². The van der Waals surface area contributed by atoms with Gasteiger partial charge in [-0.3, -0.25) is 10.1 Å². The quantitative estimate of drug-likeness (QED) is 0.0712. The molecule has 66 heavy (non-hydrogen) atoms. The summed E-state index contributed by atoms with van der Waals surface area (Å²) in [5.41, 5.74) is 0.592. The van der Waals surface area contributed by atoms with E-state index in [2.05, 4.69) is 15.6 Å². The van der Waals surface area contributed by atoms with E-state index < -0.39 is 89.0 Å². The van der Waals surface area contributed by atoms with Crippen LogP contribution in [-0.2, 0) is 21.6 Å². The molecule has 1 saturated carbocycles. The molecule has 0 amide bonds. The Labute approximate surface area is 376 Å². The molecule has 2 aromatic heterocycles. The van der Waals surface area contributed by atoms with Gasteiger partial charge in [0.1, 0.15) is 57.5 Å². The zero-order valence-corrected chi connectivity index (χ0v) is 35.7. The van der Waals surface area contributed by atoms with Gasteiger partial charge in [-0.05, 0) is 97.8 Å². The monoisotopic (exact) mass is 912 g/mol. The number of hydrogen-bond acceptors (Lipinski definition) is 17. The van der Waals surface area contributed by atoms with E-state index in [1.165, 1.54) is 30.4 Å². The number of rotatable bonds is 14. The first-order valence-corrected chi connectivity index (χ1v) is 21.8. The zero-order valence-electron chi connectivity index (χ0n) is 35.7. The second-order valence-electron chi connectivity index (χ2n) is 17.4. The first-order chi connectivity index (χ1) is 31.6. The van der Waals surface area contributed by atoms with E-state index in [1.54, 1.807) is 36.4 Å². The predicted octanol–water partition coefficient (Wildman–Crippen LogP) is 2.38. The number of carboxylic acid groups (broad SMARTS) is 1. The summed E-state index contributed by atoms with van der Waals surface area (Å²) in [4.78, 5) is 29.8. The second-order valence-corrected chi connectivity index (χ2v) is 17.4. The van der Waals surface area contributed by atoms with Crippen molar-refractivity contribution in [2.45, 2.75) is 92.6 Å². The van der Waals surface area contributed by atoms with Crippen molar-refractivity contribution in [1.29, 1.82) is 0 Å². The van der Waals surface area contributed by atoms with Crippen molar-refractivity contribution in [3.8, 4) is 40.1 Å². The molecule has 4 aliphatic rings. The minimum atomic E-state index is -2.58. The average molecular weight is 913 g/mol. The molecule has 2 saturated heterocycles. The number of aliphatic carboxylic acids is 1. The number of ether oxygens (including phenoxy) is 4. The Morgan fingerprint density at radius 3 is 2.44 bits per heavy atom. The topological polar surface area (TPSA) is 312 Å². The summed E-state index contributed by atoms with van der Waals surface area (Å²) in [6.45, 7) is 2.06. The summed E-state index contributed by atoms with van der Waals surface area (Å²) in [7, 11) is 0. The number of aliphatic hydroxyl groups excluding tert-OH is 3. The maximum Gasteiger partial charge on any atom is 0.336 e. The van der Waals surface area contributed by atoms with E-state index in [4.69, 9.17) is 29.1 Å². The van der Waals surface area contributed by atoms with Crippen LogP contribution in [0, 0.1) is 5.92 Å². The number of phenolic OH excluding ortho intramolecular Hbond substituents is 2. The van der Waals surface area contributed by atoms with Gasteiger partial charge in [0.15, 0.2) is 34.7 Å². The van der Waals surface area contributed by atoms with Gasteiger partial charge in [-0.15, -0.1) is 0 Å². The Bertz CT molecular complexity index is 2710. The van der Waals surface area contributed by atoms with E-state index in [0.717, 1.165) is 11.6 Å². The van der Waals surface area contributed by atoms with Crippen LogP contribution in [0.15, 0.2) is 88.1 Å². The van der Waals surface area contributed by atoms with Crippen LogP contribution >= 0.6 is 0 Å². The average Bonchev–Trinajstić information content (AvgIpc) is 4.10. The molecule has 13 N–H and O–H groups in total. The normalized spacial score (nSPS) is 27.7. The molecular weight excluding hydrogens is 861 g/mol. The number of aryl methyl sites for hydroxylation is 1. The van der Waals surface area contributed by atoms with Gasteiger partial charge < -0.3 is 80.3 Å². The Kier molecular flexibility index (Phi) is 11.8. The number of aromatic nitrogens is 1. The summed E-state index contributed by atoms with van der Waals surface area (Å²) < 4.78 is 31.2. The first kappa shape index (κ1) is 45.0. The number of carboxylic acids is 1. The Hall–Kier alpha value is -6.16. The molecule has 2 bridgehead atoms.